The quantitative estimate of drug-likeness (QED) is 0.749. The molecule has 0 atom stereocenters. The second kappa shape index (κ2) is 7.32. The molecule has 0 aliphatic carbocycles. The zero-order chi connectivity index (χ0) is 15.9. The highest BCUT2D eigenvalue weighted by Gasteiger charge is 2.11. The van der Waals surface area contributed by atoms with Crippen molar-refractivity contribution in [1.29, 1.82) is 0 Å². The van der Waals surface area contributed by atoms with Crippen molar-refractivity contribution < 1.29 is 19.1 Å². The van der Waals surface area contributed by atoms with Gasteiger partial charge in [0.15, 0.2) is 0 Å². The van der Waals surface area contributed by atoms with Crippen LogP contribution in [0.25, 0.3) is 10.9 Å². The number of carbonyl (C=O) groups excluding carboxylic acids is 2. The van der Waals surface area contributed by atoms with Gasteiger partial charge < -0.3 is 19.4 Å². The Morgan fingerprint density at radius 1 is 1.18 bits per heavy atom. The lowest BCUT2D eigenvalue weighted by molar-refractivity contribution is 0.166. The molecule has 8 nitrogen and oxygen atoms in total. The van der Waals surface area contributed by atoms with E-state index in [1.165, 1.54) is 7.11 Å². The van der Waals surface area contributed by atoms with E-state index in [0.717, 1.165) is 10.9 Å². The van der Waals surface area contributed by atoms with Gasteiger partial charge in [-0.25, -0.2) is 20.4 Å². The van der Waals surface area contributed by atoms with Crippen LogP contribution in [0.4, 0.5) is 15.3 Å². The number of benzene rings is 1. The molecule has 0 fully saturated rings. The van der Waals surface area contributed by atoms with Gasteiger partial charge in [-0.05, 0) is 6.07 Å². The third kappa shape index (κ3) is 3.67. The van der Waals surface area contributed by atoms with Crippen molar-refractivity contribution in [2.24, 2.45) is 0 Å². The lowest BCUT2D eigenvalue weighted by Gasteiger charge is -2.07. The predicted molar refractivity (Wildman–Crippen MR) is 81.5 cm³/mol. The maximum atomic E-state index is 11.8. The summed E-state index contributed by atoms with van der Waals surface area (Å²) in [6.07, 6.45) is 1.07. The summed E-state index contributed by atoms with van der Waals surface area (Å²) in [7, 11) is 2.84. The molecule has 0 bridgehead atoms. The monoisotopic (exact) mass is 306 g/mol. The number of aromatic nitrogens is 1. The molecule has 1 aromatic heterocycles. The average molecular weight is 306 g/mol. The van der Waals surface area contributed by atoms with Gasteiger partial charge in [0.25, 0.3) is 0 Å². The Morgan fingerprint density at radius 2 is 1.95 bits per heavy atom. The van der Waals surface area contributed by atoms with E-state index in [-0.39, 0.29) is 0 Å². The Kier molecular flexibility index (Phi) is 5.21. The smallest absolute Gasteiger partial charge is 0.425 e. The number of carbonyl (C=O) groups is 2. The SMILES string of the molecule is COCCn1cc(NC(=O)NNC(=O)OC)c2ccccc21. The van der Waals surface area contributed by atoms with Crippen LogP contribution in [0.2, 0.25) is 0 Å². The van der Waals surface area contributed by atoms with Gasteiger partial charge in [0.2, 0.25) is 0 Å². The van der Waals surface area contributed by atoms with Crippen LogP contribution in [0.1, 0.15) is 0 Å². The van der Waals surface area contributed by atoms with E-state index in [2.05, 4.69) is 20.9 Å². The molecule has 1 aromatic carbocycles. The van der Waals surface area contributed by atoms with E-state index in [1.54, 1.807) is 7.11 Å². The molecule has 118 valence electrons. The predicted octanol–water partition coefficient (Wildman–Crippen LogP) is 1.68. The molecule has 3 amide bonds. The van der Waals surface area contributed by atoms with Gasteiger partial charge in [0, 0.05) is 25.2 Å². The Bertz CT molecular complexity index is 668. The van der Waals surface area contributed by atoms with Crippen molar-refractivity contribution in [3.8, 4) is 0 Å². The maximum Gasteiger partial charge on any atom is 0.425 e. The molecule has 0 unspecified atom stereocenters. The van der Waals surface area contributed by atoms with E-state index in [4.69, 9.17) is 4.74 Å². The molecule has 0 saturated heterocycles. The number of para-hydroxylation sites is 1. The number of hydrogen-bond acceptors (Lipinski definition) is 4. The minimum absolute atomic E-state index is 0.564. The number of urea groups is 1. The van der Waals surface area contributed by atoms with E-state index in [0.29, 0.717) is 18.8 Å². The van der Waals surface area contributed by atoms with Crippen molar-refractivity contribution in [2.45, 2.75) is 6.54 Å². The van der Waals surface area contributed by atoms with Crippen molar-refractivity contribution in [3.05, 3.63) is 30.5 Å². The third-order valence-electron chi connectivity index (χ3n) is 3.04. The minimum atomic E-state index is -0.752. The Balaban J connectivity index is 2.13. The first-order valence-corrected chi connectivity index (χ1v) is 6.63. The summed E-state index contributed by atoms with van der Waals surface area (Å²) in [4.78, 5) is 22.7. The van der Waals surface area contributed by atoms with Crippen molar-refractivity contribution in [2.75, 3.05) is 26.1 Å². The maximum absolute atomic E-state index is 11.8. The lowest BCUT2D eigenvalue weighted by atomic mass is 10.2. The number of hydrogen-bond donors (Lipinski definition) is 3. The molecule has 0 saturated carbocycles. The van der Waals surface area contributed by atoms with Crippen LogP contribution in [0.15, 0.2) is 30.5 Å². The van der Waals surface area contributed by atoms with E-state index >= 15 is 0 Å². The highest BCUT2D eigenvalue weighted by Crippen LogP contribution is 2.25. The summed E-state index contributed by atoms with van der Waals surface area (Å²) in [6.45, 7) is 1.23. The first-order valence-electron chi connectivity index (χ1n) is 6.63. The van der Waals surface area contributed by atoms with Gasteiger partial charge in [-0.1, -0.05) is 18.2 Å². The Morgan fingerprint density at radius 3 is 2.68 bits per heavy atom. The summed E-state index contributed by atoms with van der Waals surface area (Å²) in [6, 6.07) is 7.11. The molecule has 3 N–H and O–H groups in total. The van der Waals surface area contributed by atoms with E-state index in [1.807, 2.05) is 35.0 Å². The normalized spacial score (nSPS) is 10.3. The van der Waals surface area contributed by atoms with Crippen LogP contribution in [-0.4, -0.2) is 37.5 Å². The van der Waals surface area contributed by atoms with Crippen LogP contribution in [-0.2, 0) is 16.0 Å². The largest absolute Gasteiger partial charge is 0.452 e. The van der Waals surface area contributed by atoms with Crippen molar-refractivity contribution in [3.63, 3.8) is 0 Å². The molecule has 22 heavy (non-hydrogen) atoms. The molecule has 0 spiro atoms. The first kappa shape index (κ1) is 15.6. The van der Waals surface area contributed by atoms with Crippen molar-refractivity contribution in [1.82, 2.24) is 15.4 Å². The fourth-order valence-electron chi connectivity index (χ4n) is 2.03. The van der Waals surface area contributed by atoms with Gasteiger partial charge in [-0.15, -0.1) is 0 Å². The highest BCUT2D eigenvalue weighted by atomic mass is 16.5. The second-order valence-corrected chi connectivity index (χ2v) is 4.44. The third-order valence-corrected chi connectivity index (χ3v) is 3.04. The lowest BCUT2D eigenvalue weighted by Crippen LogP contribution is -2.43. The number of ether oxygens (including phenoxy) is 2. The zero-order valence-corrected chi connectivity index (χ0v) is 12.4. The van der Waals surface area contributed by atoms with Crippen LogP contribution in [0.3, 0.4) is 0 Å². The molecule has 0 aliphatic heterocycles. The molecule has 1 heterocycles. The van der Waals surface area contributed by atoms with Gasteiger partial charge in [-0.3, -0.25) is 0 Å². The van der Waals surface area contributed by atoms with Gasteiger partial charge in [0.1, 0.15) is 0 Å². The van der Waals surface area contributed by atoms with E-state index in [9.17, 15) is 9.59 Å². The first-order chi connectivity index (χ1) is 10.7. The molecule has 8 heteroatoms. The zero-order valence-electron chi connectivity index (χ0n) is 12.4. The number of hydrazine groups is 1. The minimum Gasteiger partial charge on any atom is -0.452 e. The number of nitrogens with one attached hydrogen (secondary N) is 3. The molecule has 0 aliphatic rings. The standard InChI is InChI=1S/C14H18N4O4/c1-21-8-7-18-9-11(10-5-3-4-6-12(10)18)15-13(19)16-17-14(20)22-2/h3-6,9H,7-8H2,1-2H3,(H,17,20)(H2,15,16,19). The summed E-state index contributed by atoms with van der Waals surface area (Å²) in [5.41, 5.74) is 5.90. The summed E-state index contributed by atoms with van der Waals surface area (Å²) in [5.74, 6) is 0. The van der Waals surface area contributed by atoms with Crippen LogP contribution in [0, 0.1) is 0 Å². The topological polar surface area (TPSA) is 93.6 Å². The summed E-state index contributed by atoms with van der Waals surface area (Å²) in [5, 5.41) is 3.57. The number of fused-ring (bicyclic) bond motifs is 1. The Hall–Kier alpha value is -2.74. The molecular formula is C14H18N4O4. The fraction of sp³-hybridized carbons (Fsp3) is 0.286. The molecular weight excluding hydrogens is 288 g/mol. The fourth-order valence-corrected chi connectivity index (χ4v) is 2.03. The van der Waals surface area contributed by atoms with Gasteiger partial charge in [-0.2, -0.15) is 0 Å². The van der Waals surface area contributed by atoms with Gasteiger partial charge in [0.05, 0.1) is 24.9 Å². The summed E-state index contributed by atoms with van der Waals surface area (Å²) >= 11 is 0. The molecule has 0 radical (unpaired) electrons. The average Bonchev–Trinajstić information content (AvgIpc) is 2.88. The molecule has 2 aromatic rings. The highest BCUT2D eigenvalue weighted by molar-refractivity contribution is 6.01. The summed E-state index contributed by atoms with van der Waals surface area (Å²) < 4.78 is 11.4. The second-order valence-electron chi connectivity index (χ2n) is 4.44. The molecule has 2 rings (SSSR count). The van der Waals surface area contributed by atoms with E-state index < -0.39 is 12.1 Å². The Labute approximate surface area is 127 Å². The number of amides is 3. The van der Waals surface area contributed by atoms with Crippen LogP contribution < -0.4 is 16.2 Å². The van der Waals surface area contributed by atoms with Crippen LogP contribution in [0.5, 0.6) is 0 Å². The van der Waals surface area contributed by atoms with Crippen LogP contribution >= 0.6 is 0 Å². The number of anilines is 1. The van der Waals surface area contributed by atoms with Gasteiger partial charge >= 0.3 is 12.1 Å². The number of rotatable bonds is 4. The number of nitrogens with zero attached hydrogens (tertiary/aromatic N) is 1. The van der Waals surface area contributed by atoms with Crippen molar-refractivity contribution >= 4 is 28.7 Å². The number of methoxy groups -OCH3 is 2.